The maximum atomic E-state index is 11.3. The summed E-state index contributed by atoms with van der Waals surface area (Å²) in [6.07, 6.45) is 0.131. The van der Waals surface area contributed by atoms with Gasteiger partial charge in [-0.3, -0.25) is 14.5 Å². The van der Waals surface area contributed by atoms with E-state index >= 15 is 0 Å². The average Bonchev–Trinajstić information content (AvgIpc) is 2.53. The number of nitrogens with one attached hydrogen (secondary N) is 1. The molecule has 6 nitrogen and oxygen atoms in total. The summed E-state index contributed by atoms with van der Waals surface area (Å²) in [5.74, 6) is 0.0203. The highest BCUT2D eigenvalue weighted by atomic mass is 16.3. The molecule has 1 aliphatic heterocycles. The maximum absolute atomic E-state index is 11.3. The van der Waals surface area contributed by atoms with Gasteiger partial charge in [0, 0.05) is 52.3 Å². The highest BCUT2D eigenvalue weighted by molar-refractivity contribution is 5.88. The summed E-state index contributed by atoms with van der Waals surface area (Å²) in [5.41, 5.74) is 1.58. The molecule has 126 valence electrons. The first-order valence-corrected chi connectivity index (χ1v) is 7.99. The average molecular weight is 319 g/mol. The number of piperazine rings is 1. The van der Waals surface area contributed by atoms with Gasteiger partial charge in [-0.15, -0.1) is 0 Å². The Morgan fingerprint density at radius 1 is 1.13 bits per heavy atom. The van der Waals surface area contributed by atoms with Gasteiger partial charge in [0.1, 0.15) is 0 Å². The number of nitrogens with zero attached hydrogens (tertiary/aromatic N) is 2. The fourth-order valence-corrected chi connectivity index (χ4v) is 2.75. The topological polar surface area (TPSA) is 72.9 Å². The maximum Gasteiger partial charge on any atom is 0.221 e. The molecule has 0 aliphatic carbocycles. The normalized spacial score (nSPS) is 16.9. The van der Waals surface area contributed by atoms with Gasteiger partial charge in [-0.05, 0) is 24.1 Å². The molecule has 1 aliphatic rings. The van der Waals surface area contributed by atoms with Crippen LogP contribution in [0.4, 0.5) is 5.69 Å². The second-order valence-electron chi connectivity index (χ2n) is 5.96. The first-order valence-electron chi connectivity index (χ1n) is 7.99. The van der Waals surface area contributed by atoms with Crippen molar-refractivity contribution < 1.29 is 14.7 Å². The van der Waals surface area contributed by atoms with Crippen LogP contribution >= 0.6 is 0 Å². The molecule has 0 aromatic heterocycles. The van der Waals surface area contributed by atoms with Crippen LogP contribution in [0.15, 0.2) is 24.3 Å². The monoisotopic (exact) mass is 319 g/mol. The molecule has 1 fully saturated rings. The molecule has 1 aromatic carbocycles. The summed E-state index contributed by atoms with van der Waals surface area (Å²) in [4.78, 5) is 26.4. The minimum absolute atomic E-state index is 0.108. The molecule has 1 unspecified atom stereocenters. The van der Waals surface area contributed by atoms with Crippen molar-refractivity contribution in [3.05, 3.63) is 29.8 Å². The lowest BCUT2D eigenvalue weighted by molar-refractivity contribution is -0.130. The number of benzene rings is 1. The zero-order valence-corrected chi connectivity index (χ0v) is 13.8. The number of carbonyl (C=O) groups excluding carboxylic acids is 2. The van der Waals surface area contributed by atoms with E-state index in [1.807, 2.05) is 17.0 Å². The summed E-state index contributed by atoms with van der Waals surface area (Å²) in [7, 11) is 0. The van der Waals surface area contributed by atoms with Crippen molar-refractivity contribution in [1.29, 1.82) is 0 Å². The minimum atomic E-state index is -0.521. The van der Waals surface area contributed by atoms with Crippen LogP contribution in [0, 0.1) is 0 Å². The first-order chi connectivity index (χ1) is 11.0. The summed E-state index contributed by atoms with van der Waals surface area (Å²) in [6, 6.07) is 7.27. The largest absolute Gasteiger partial charge is 0.388 e. The van der Waals surface area contributed by atoms with E-state index in [0.29, 0.717) is 6.42 Å². The van der Waals surface area contributed by atoms with Crippen molar-refractivity contribution in [1.82, 2.24) is 9.80 Å². The number of amides is 2. The predicted octanol–water partition coefficient (Wildman–Crippen LogP) is 1.23. The molecule has 0 radical (unpaired) electrons. The molecule has 2 N–H and O–H groups in total. The van der Waals surface area contributed by atoms with Crippen LogP contribution in [0.5, 0.6) is 0 Å². The molecule has 23 heavy (non-hydrogen) atoms. The Kier molecular flexibility index (Phi) is 6.12. The van der Waals surface area contributed by atoms with E-state index in [2.05, 4.69) is 10.2 Å². The Morgan fingerprint density at radius 3 is 2.26 bits per heavy atom. The number of hydrogen-bond donors (Lipinski definition) is 2. The Morgan fingerprint density at radius 2 is 1.74 bits per heavy atom. The van der Waals surface area contributed by atoms with Gasteiger partial charge in [-0.25, -0.2) is 0 Å². The molecule has 1 saturated heterocycles. The fourth-order valence-electron chi connectivity index (χ4n) is 2.75. The lowest BCUT2D eigenvalue weighted by Crippen LogP contribution is -2.48. The van der Waals surface area contributed by atoms with Crippen LogP contribution in [0.2, 0.25) is 0 Å². The van der Waals surface area contributed by atoms with Gasteiger partial charge < -0.3 is 15.3 Å². The van der Waals surface area contributed by atoms with E-state index < -0.39 is 6.10 Å². The fraction of sp³-hybridized carbons (Fsp3) is 0.529. The second kappa shape index (κ2) is 8.08. The number of aliphatic hydroxyl groups excluding tert-OH is 1. The number of aliphatic hydroxyl groups is 1. The highest BCUT2D eigenvalue weighted by Crippen LogP contribution is 2.20. The van der Waals surface area contributed by atoms with Gasteiger partial charge in [0.15, 0.2) is 0 Å². The Hall–Kier alpha value is -1.92. The van der Waals surface area contributed by atoms with Crippen LogP contribution in [0.25, 0.3) is 0 Å². The van der Waals surface area contributed by atoms with Gasteiger partial charge in [0.2, 0.25) is 11.8 Å². The number of hydrogen-bond acceptors (Lipinski definition) is 4. The minimum Gasteiger partial charge on any atom is -0.388 e. The van der Waals surface area contributed by atoms with Gasteiger partial charge in [0.05, 0.1) is 6.10 Å². The van der Waals surface area contributed by atoms with Crippen molar-refractivity contribution in [3.8, 4) is 0 Å². The number of anilines is 1. The number of rotatable bonds is 5. The quantitative estimate of drug-likeness (QED) is 0.856. The zero-order valence-electron chi connectivity index (χ0n) is 13.8. The van der Waals surface area contributed by atoms with E-state index in [-0.39, 0.29) is 11.8 Å². The molecule has 0 spiro atoms. The van der Waals surface area contributed by atoms with Gasteiger partial charge in [0.25, 0.3) is 0 Å². The van der Waals surface area contributed by atoms with Gasteiger partial charge >= 0.3 is 0 Å². The molecular weight excluding hydrogens is 294 g/mol. The van der Waals surface area contributed by atoms with Crippen LogP contribution in [-0.2, 0) is 9.59 Å². The summed E-state index contributed by atoms with van der Waals surface area (Å²) in [5, 5.41) is 13.0. The summed E-state index contributed by atoms with van der Waals surface area (Å²) in [6.45, 7) is 7.11. The molecule has 1 aromatic rings. The van der Waals surface area contributed by atoms with Crippen LogP contribution in [0.3, 0.4) is 0 Å². The van der Waals surface area contributed by atoms with Crippen molar-refractivity contribution in [3.63, 3.8) is 0 Å². The van der Waals surface area contributed by atoms with Crippen molar-refractivity contribution in [2.24, 2.45) is 0 Å². The first kappa shape index (κ1) is 17.4. The molecule has 0 bridgehead atoms. The molecule has 1 heterocycles. The standard InChI is InChI=1S/C17H25N3O3/c1-13(21)18-16-5-3-15(4-6-16)17(23)7-8-19-9-11-20(12-10-19)14(2)22/h3-6,17,23H,7-12H2,1-2H3,(H,18,21). The van der Waals surface area contributed by atoms with Crippen molar-refractivity contribution in [2.75, 3.05) is 38.0 Å². The smallest absolute Gasteiger partial charge is 0.221 e. The van der Waals surface area contributed by atoms with Crippen molar-refractivity contribution >= 4 is 17.5 Å². The Bertz CT molecular complexity index is 537. The molecule has 6 heteroatoms. The lowest BCUT2D eigenvalue weighted by atomic mass is 10.1. The second-order valence-corrected chi connectivity index (χ2v) is 5.96. The third-order valence-corrected chi connectivity index (χ3v) is 4.15. The van der Waals surface area contributed by atoms with Crippen LogP contribution in [0.1, 0.15) is 31.9 Å². The summed E-state index contributed by atoms with van der Waals surface area (Å²) >= 11 is 0. The van der Waals surface area contributed by atoms with Crippen LogP contribution < -0.4 is 5.32 Å². The zero-order chi connectivity index (χ0) is 16.8. The van der Waals surface area contributed by atoms with Gasteiger partial charge in [-0.1, -0.05) is 12.1 Å². The van der Waals surface area contributed by atoms with E-state index in [0.717, 1.165) is 44.0 Å². The van der Waals surface area contributed by atoms with E-state index in [9.17, 15) is 14.7 Å². The predicted molar refractivity (Wildman–Crippen MR) is 89.0 cm³/mol. The number of carbonyl (C=O) groups is 2. The van der Waals surface area contributed by atoms with Gasteiger partial charge in [-0.2, -0.15) is 0 Å². The lowest BCUT2D eigenvalue weighted by Gasteiger charge is -2.34. The van der Waals surface area contributed by atoms with Crippen molar-refractivity contribution in [2.45, 2.75) is 26.4 Å². The third-order valence-electron chi connectivity index (χ3n) is 4.15. The molecule has 1 atom stereocenters. The molecule has 0 saturated carbocycles. The third kappa shape index (κ3) is 5.33. The Balaban J connectivity index is 1.77. The van der Waals surface area contributed by atoms with E-state index in [4.69, 9.17) is 0 Å². The Labute approximate surface area is 137 Å². The van der Waals surface area contributed by atoms with E-state index in [1.165, 1.54) is 6.92 Å². The van der Waals surface area contributed by atoms with E-state index in [1.54, 1.807) is 19.1 Å². The SMILES string of the molecule is CC(=O)Nc1ccc(C(O)CCN2CCN(C(C)=O)CC2)cc1. The summed E-state index contributed by atoms with van der Waals surface area (Å²) < 4.78 is 0. The highest BCUT2D eigenvalue weighted by Gasteiger charge is 2.19. The molecule has 2 rings (SSSR count). The molecule has 2 amide bonds. The molecular formula is C17H25N3O3. The van der Waals surface area contributed by atoms with Crippen LogP contribution in [-0.4, -0.2) is 59.4 Å².